The van der Waals surface area contributed by atoms with Gasteiger partial charge in [-0.2, -0.15) is 16.8 Å². The molecule has 0 amide bonds. The SMILES string of the molecule is CC(C)S(=O)(=O)Nc1ccc(/C=C/c2ccc(NS(C)(=O)=O)cc2S(=O)(=O)O)c(S(=O)(=O)O)c1.[Na+]. The van der Waals surface area contributed by atoms with Crippen LogP contribution in [-0.4, -0.2) is 54.3 Å². The monoisotopic (exact) mass is 577 g/mol. The fourth-order valence-electron chi connectivity index (χ4n) is 2.59. The number of rotatable bonds is 9. The van der Waals surface area contributed by atoms with Gasteiger partial charge >= 0.3 is 29.6 Å². The molecule has 0 spiro atoms. The van der Waals surface area contributed by atoms with Gasteiger partial charge in [-0.25, -0.2) is 16.8 Å². The molecule has 17 heteroatoms. The number of sulfonamides is 2. The van der Waals surface area contributed by atoms with E-state index in [1.165, 1.54) is 32.0 Å². The third-order valence-corrected chi connectivity index (χ3v) is 8.40. The summed E-state index contributed by atoms with van der Waals surface area (Å²) >= 11 is 0. The molecule has 35 heavy (non-hydrogen) atoms. The summed E-state index contributed by atoms with van der Waals surface area (Å²) in [6, 6.07) is 6.52. The Morgan fingerprint density at radius 2 is 1.09 bits per heavy atom. The molecule has 0 heterocycles. The third kappa shape index (κ3) is 9.14. The molecule has 0 aliphatic rings. The maximum absolute atomic E-state index is 12.0. The molecule has 2 rings (SSSR count). The third-order valence-electron chi connectivity index (χ3n) is 4.21. The maximum atomic E-state index is 12.0. The van der Waals surface area contributed by atoms with Gasteiger partial charge in [0, 0.05) is 11.4 Å². The summed E-state index contributed by atoms with van der Waals surface area (Å²) < 4.78 is 118. The second kappa shape index (κ2) is 11.3. The first-order valence-corrected chi connectivity index (χ1v) is 15.5. The van der Waals surface area contributed by atoms with Crippen LogP contribution in [0.1, 0.15) is 25.0 Å². The van der Waals surface area contributed by atoms with E-state index in [0.717, 1.165) is 36.6 Å². The Balaban J connectivity index is 0.00000612. The molecule has 0 saturated heterocycles. The molecule has 0 fully saturated rings. The van der Waals surface area contributed by atoms with Crippen molar-refractivity contribution in [2.24, 2.45) is 0 Å². The fraction of sp³-hybridized carbons (Fsp3) is 0.222. The Kier molecular flexibility index (Phi) is 10.1. The molecule has 0 aromatic heterocycles. The molecule has 0 saturated carbocycles. The van der Waals surface area contributed by atoms with Gasteiger partial charge in [0.1, 0.15) is 9.79 Å². The maximum Gasteiger partial charge on any atom is 1.00 e. The van der Waals surface area contributed by atoms with Gasteiger partial charge in [-0.1, -0.05) is 24.3 Å². The van der Waals surface area contributed by atoms with Gasteiger partial charge in [0.2, 0.25) is 20.0 Å². The summed E-state index contributed by atoms with van der Waals surface area (Å²) in [5.74, 6) is 0. The summed E-state index contributed by atoms with van der Waals surface area (Å²) in [7, 11) is -17.2. The standard InChI is InChI=1S/C18H22N2O10S4.Na/c1-12(2)32(23,24)20-16-9-7-14(18(11-16)34(28,29)30)5-4-13-6-8-15(19-31(3,21)22)10-17(13)33(25,26)27;/h4-12,19-20H,1-3H3,(H,25,26,27)(H,28,29,30);/q;+1/b5-4+;. The zero-order valence-corrected chi connectivity index (χ0v) is 24.3. The zero-order chi connectivity index (χ0) is 26.1. The molecule has 4 N–H and O–H groups in total. The van der Waals surface area contributed by atoms with Crippen LogP contribution in [0.4, 0.5) is 11.4 Å². The van der Waals surface area contributed by atoms with Crippen molar-refractivity contribution in [3.05, 3.63) is 47.5 Å². The summed E-state index contributed by atoms with van der Waals surface area (Å²) in [6.07, 6.45) is 3.06. The van der Waals surface area contributed by atoms with E-state index < -0.39 is 55.3 Å². The zero-order valence-electron chi connectivity index (χ0n) is 19.0. The van der Waals surface area contributed by atoms with E-state index in [2.05, 4.69) is 9.44 Å². The van der Waals surface area contributed by atoms with Gasteiger partial charge in [0.05, 0.1) is 11.5 Å². The van der Waals surface area contributed by atoms with Crippen molar-refractivity contribution < 1.29 is 72.3 Å². The van der Waals surface area contributed by atoms with Crippen molar-refractivity contribution in [1.29, 1.82) is 0 Å². The topological polar surface area (TPSA) is 201 Å². The Labute approximate surface area is 226 Å². The van der Waals surface area contributed by atoms with Gasteiger partial charge in [-0.05, 0) is 49.2 Å². The molecule has 12 nitrogen and oxygen atoms in total. The minimum Gasteiger partial charge on any atom is -0.284 e. The summed E-state index contributed by atoms with van der Waals surface area (Å²) in [4.78, 5) is -1.34. The molecule has 0 unspecified atom stereocenters. The summed E-state index contributed by atoms with van der Waals surface area (Å²) in [6.45, 7) is 2.82. The normalized spacial score (nSPS) is 13.0. The number of hydrogen-bond acceptors (Lipinski definition) is 8. The second-order valence-corrected chi connectivity index (χ2v) is 14.1. The summed E-state index contributed by atoms with van der Waals surface area (Å²) in [5.41, 5.74) is -0.539. The van der Waals surface area contributed by atoms with Crippen LogP contribution in [0.5, 0.6) is 0 Å². The van der Waals surface area contributed by atoms with Crippen LogP contribution < -0.4 is 39.0 Å². The van der Waals surface area contributed by atoms with Crippen molar-refractivity contribution in [1.82, 2.24) is 0 Å². The first kappa shape index (κ1) is 31.5. The van der Waals surface area contributed by atoms with Crippen LogP contribution in [0.2, 0.25) is 0 Å². The van der Waals surface area contributed by atoms with E-state index >= 15 is 0 Å². The molecule has 0 atom stereocenters. The van der Waals surface area contributed by atoms with Crippen molar-refractivity contribution in [2.75, 3.05) is 15.7 Å². The van der Waals surface area contributed by atoms with E-state index in [1.807, 2.05) is 0 Å². The predicted molar refractivity (Wildman–Crippen MR) is 128 cm³/mol. The average Bonchev–Trinajstić information content (AvgIpc) is 2.64. The van der Waals surface area contributed by atoms with Gasteiger partial charge < -0.3 is 0 Å². The molecular weight excluding hydrogens is 555 g/mol. The minimum absolute atomic E-state index is 0. The van der Waals surface area contributed by atoms with Gasteiger partial charge in [-0.3, -0.25) is 18.5 Å². The summed E-state index contributed by atoms with van der Waals surface area (Å²) in [5, 5.41) is -0.819. The molecule has 0 bridgehead atoms. The number of hydrogen-bond donors (Lipinski definition) is 4. The first-order valence-electron chi connectivity index (χ1n) is 9.20. The van der Waals surface area contributed by atoms with Crippen LogP contribution in [0.15, 0.2) is 46.2 Å². The van der Waals surface area contributed by atoms with E-state index in [4.69, 9.17) is 0 Å². The van der Waals surface area contributed by atoms with Crippen molar-refractivity contribution in [3.8, 4) is 0 Å². The average molecular weight is 578 g/mol. The minimum atomic E-state index is -4.83. The van der Waals surface area contributed by atoms with Crippen molar-refractivity contribution in [2.45, 2.75) is 28.9 Å². The van der Waals surface area contributed by atoms with Crippen LogP contribution in [-0.2, 0) is 40.3 Å². The van der Waals surface area contributed by atoms with Crippen molar-refractivity contribution >= 4 is 63.8 Å². The van der Waals surface area contributed by atoms with E-state index in [-0.39, 0.29) is 52.1 Å². The smallest absolute Gasteiger partial charge is 0.284 e. The molecular formula is C18H22N2NaO10S4+. The fourth-order valence-corrected chi connectivity index (χ4v) is 5.26. The molecule has 0 radical (unpaired) electrons. The quantitative estimate of drug-likeness (QED) is 0.161. The van der Waals surface area contributed by atoms with Crippen molar-refractivity contribution in [3.63, 3.8) is 0 Å². The predicted octanol–water partition coefficient (Wildman–Crippen LogP) is -1.12. The molecule has 188 valence electrons. The van der Waals surface area contributed by atoms with Gasteiger partial charge in [-0.15, -0.1) is 0 Å². The number of nitrogens with one attached hydrogen (secondary N) is 2. The molecule has 0 aliphatic carbocycles. The van der Waals surface area contributed by atoms with E-state index in [1.54, 1.807) is 0 Å². The van der Waals surface area contributed by atoms with Crippen LogP contribution in [0.3, 0.4) is 0 Å². The second-order valence-electron chi connectivity index (χ2n) is 7.36. The Bertz CT molecular complexity index is 1560. The Morgan fingerprint density at radius 1 is 0.714 bits per heavy atom. The van der Waals surface area contributed by atoms with E-state index in [9.17, 15) is 42.8 Å². The Morgan fingerprint density at radius 3 is 1.40 bits per heavy atom. The molecule has 2 aromatic carbocycles. The molecule has 0 aliphatic heterocycles. The van der Waals surface area contributed by atoms with Gasteiger partial charge in [0.15, 0.2) is 0 Å². The van der Waals surface area contributed by atoms with Crippen LogP contribution >= 0.6 is 0 Å². The van der Waals surface area contributed by atoms with Crippen LogP contribution in [0.25, 0.3) is 12.2 Å². The number of anilines is 2. The number of benzene rings is 2. The largest absolute Gasteiger partial charge is 1.00 e. The first-order chi connectivity index (χ1) is 15.3. The van der Waals surface area contributed by atoms with Gasteiger partial charge in [0.25, 0.3) is 20.2 Å². The van der Waals surface area contributed by atoms with Crippen LogP contribution in [0, 0.1) is 0 Å². The Hall–Kier alpha value is -1.50. The van der Waals surface area contributed by atoms with E-state index in [0.29, 0.717) is 0 Å². The molecule has 2 aromatic rings.